The molecule has 3 rings (SSSR count). The molecule has 0 spiro atoms. The van der Waals surface area contributed by atoms with Gasteiger partial charge in [0, 0.05) is 27.0 Å². The fourth-order valence-electron chi connectivity index (χ4n) is 1.84. The SMILES string of the molecule is Fc1ccc(-c2nc(-c3cccc(Br)c3)cs2)c(F)c1. The van der Waals surface area contributed by atoms with E-state index < -0.39 is 11.6 Å². The van der Waals surface area contributed by atoms with E-state index in [0.717, 1.165) is 21.8 Å². The highest BCUT2D eigenvalue weighted by atomic mass is 79.9. The fraction of sp³-hybridized carbons (Fsp3) is 0. The van der Waals surface area contributed by atoms with E-state index >= 15 is 0 Å². The highest BCUT2D eigenvalue weighted by molar-refractivity contribution is 9.10. The van der Waals surface area contributed by atoms with Crippen LogP contribution in [0.2, 0.25) is 0 Å². The molecule has 0 unspecified atom stereocenters. The van der Waals surface area contributed by atoms with Gasteiger partial charge < -0.3 is 0 Å². The van der Waals surface area contributed by atoms with E-state index in [2.05, 4.69) is 20.9 Å². The van der Waals surface area contributed by atoms with E-state index in [1.54, 1.807) is 0 Å². The number of aromatic nitrogens is 1. The van der Waals surface area contributed by atoms with Gasteiger partial charge >= 0.3 is 0 Å². The Bertz CT molecular complexity index is 770. The molecule has 2 aromatic carbocycles. The van der Waals surface area contributed by atoms with Gasteiger partial charge in [0.05, 0.1) is 5.69 Å². The molecule has 0 fully saturated rings. The summed E-state index contributed by atoms with van der Waals surface area (Å²) in [5.41, 5.74) is 2.04. The molecule has 0 aliphatic rings. The summed E-state index contributed by atoms with van der Waals surface area (Å²) >= 11 is 4.74. The lowest BCUT2D eigenvalue weighted by molar-refractivity contribution is 0.585. The van der Waals surface area contributed by atoms with Crippen LogP contribution in [0, 0.1) is 11.6 Å². The molecular weight excluding hydrogens is 344 g/mol. The number of thiazole rings is 1. The van der Waals surface area contributed by atoms with Gasteiger partial charge in [0.1, 0.15) is 16.6 Å². The minimum absolute atomic E-state index is 0.317. The van der Waals surface area contributed by atoms with Crippen LogP contribution in [0.3, 0.4) is 0 Å². The quantitative estimate of drug-likeness (QED) is 0.592. The van der Waals surface area contributed by atoms with Crippen LogP contribution >= 0.6 is 27.3 Å². The zero-order chi connectivity index (χ0) is 14.1. The van der Waals surface area contributed by atoms with Crippen molar-refractivity contribution in [3.05, 3.63) is 64.0 Å². The van der Waals surface area contributed by atoms with Crippen LogP contribution in [0.15, 0.2) is 52.3 Å². The van der Waals surface area contributed by atoms with Crippen LogP contribution < -0.4 is 0 Å². The van der Waals surface area contributed by atoms with E-state index in [1.807, 2.05) is 29.6 Å². The Morgan fingerprint density at radius 3 is 2.65 bits per heavy atom. The number of hydrogen-bond donors (Lipinski definition) is 0. The van der Waals surface area contributed by atoms with Crippen molar-refractivity contribution in [2.24, 2.45) is 0 Å². The number of nitrogens with zero attached hydrogens (tertiary/aromatic N) is 1. The van der Waals surface area contributed by atoms with Crippen LogP contribution in [0.5, 0.6) is 0 Å². The summed E-state index contributed by atoms with van der Waals surface area (Å²) in [6.07, 6.45) is 0. The smallest absolute Gasteiger partial charge is 0.136 e. The van der Waals surface area contributed by atoms with Gasteiger partial charge in [0.25, 0.3) is 0 Å². The molecule has 3 aromatic rings. The predicted octanol–water partition coefficient (Wildman–Crippen LogP) is 5.52. The van der Waals surface area contributed by atoms with Crippen LogP contribution in [-0.2, 0) is 0 Å². The fourth-order valence-corrected chi connectivity index (χ4v) is 3.10. The molecule has 0 saturated heterocycles. The minimum atomic E-state index is -0.597. The first-order valence-electron chi connectivity index (χ1n) is 5.80. The van der Waals surface area contributed by atoms with Crippen molar-refractivity contribution in [3.8, 4) is 21.8 Å². The maximum absolute atomic E-state index is 13.7. The van der Waals surface area contributed by atoms with Crippen molar-refractivity contribution in [1.29, 1.82) is 0 Å². The van der Waals surface area contributed by atoms with Gasteiger partial charge in [0.2, 0.25) is 0 Å². The largest absolute Gasteiger partial charge is 0.236 e. The molecule has 0 radical (unpaired) electrons. The van der Waals surface area contributed by atoms with E-state index in [0.29, 0.717) is 10.6 Å². The van der Waals surface area contributed by atoms with Crippen molar-refractivity contribution in [2.45, 2.75) is 0 Å². The Morgan fingerprint density at radius 1 is 1.05 bits per heavy atom. The van der Waals surface area contributed by atoms with Crippen LogP contribution in [0.1, 0.15) is 0 Å². The summed E-state index contributed by atoms with van der Waals surface area (Å²) in [6, 6.07) is 11.2. The minimum Gasteiger partial charge on any atom is -0.236 e. The first-order valence-corrected chi connectivity index (χ1v) is 7.47. The number of halogens is 3. The number of hydrogen-bond acceptors (Lipinski definition) is 2. The van der Waals surface area contributed by atoms with Gasteiger partial charge in [-0.25, -0.2) is 13.8 Å². The lowest BCUT2D eigenvalue weighted by Crippen LogP contribution is -1.86. The van der Waals surface area contributed by atoms with E-state index in [9.17, 15) is 8.78 Å². The molecule has 0 aliphatic carbocycles. The first-order chi connectivity index (χ1) is 9.63. The summed E-state index contributed by atoms with van der Waals surface area (Å²) in [5, 5.41) is 2.40. The van der Waals surface area contributed by atoms with Crippen molar-refractivity contribution >= 4 is 27.3 Å². The van der Waals surface area contributed by atoms with Crippen molar-refractivity contribution in [1.82, 2.24) is 4.98 Å². The average molecular weight is 352 g/mol. The topological polar surface area (TPSA) is 12.9 Å². The van der Waals surface area contributed by atoms with Crippen LogP contribution in [0.25, 0.3) is 21.8 Å². The lowest BCUT2D eigenvalue weighted by atomic mass is 10.2. The Hall–Kier alpha value is -1.59. The molecule has 0 aliphatic heterocycles. The second-order valence-electron chi connectivity index (χ2n) is 4.17. The van der Waals surface area contributed by atoms with Crippen molar-refractivity contribution in [2.75, 3.05) is 0 Å². The van der Waals surface area contributed by atoms with Crippen molar-refractivity contribution in [3.63, 3.8) is 0 Å². The summed E-state index contributed by atoms with van der Waals surface area (Å²) < 4.78 is 27.6. The molecule has 0 bridgehead atoms. The second-order valence-corrected chi connectivity index (χ2v) is 5.95. The predicted molar refractivity (Wildman–Crippen MR) is 80.6 cm³/mol. The van der Waals surface area contributed by atoms with Gasteiger partial charge in [-0.05, 0) is 24.3 Å². The molecule has 0 amide bonds. The van der Waals surface area contributed by atoms with Crippen molar-refractivity contribution < 1.29 is 8.78 Å². The third kappa shape index (κ3) is 2.64. The van der Waals surface area contributed by atoms with Gasteiger partial charge in [-0.2, -0.15) is 0 Å². The Kier molecular flexibility index (Phi) is 3.63. The van der Waals surface area contributed by atoms with Crippen LogP contribution in [-0.4, -0.2) is 4.98 Å². The Morgan fingerprint density at radius 2 is 1.90 bits per heavy atom. The second kappa shape index (κ2) is 5.42. The van der Waals surface area contributed by atoms with E-state index in [4.69, 9.17) is 0 Å². The third-order valence-electron chi connectivity index (χ3n) is 2.79. The average Bonchev–Trinajstić information content (AvgIpc) is 2.88. The summed E-state index contributed by atoms with van der Waals surface area (Å²) in [7, 11) is 0. The summed E-state index contributed by atoms with van der Waals surface area (Å²) in [5.74, 6) is -1.19. The maximum Gasteiger partial charge on any atom is 0.136 e. The zero-order valence-corrected chi connectivity index (χ0v) is 12.5. The van der Waals surface area contributed by atoms with Gasteiger partial charge in [0.15, 0.2) is 0 Å². The molecule has 0 atom stereocenters. The standard InChI is InChI=1S/C15H8BrF2NS/c16-10-3-1-2-9(6-10)14-8-20-15(19-14)12-5-4-11(17)7-13(12)18/h1-8H. The number of rotatable bonds is 2. The Labute approximate surface area is 127 Å². The molecule has 5 heteroatoms. The normalized spacial score (nSPS) is 10.8. The molecule has 0 N–H and O–H groups in total. The molecule has 20 heavy (non-hydrogen) atoms. The van der Waals surface area contributed by atoms with Crippen LogP contribution in [0.4, 0.5) is 8.78 Å². The first kappa shape index (κ1) is 13.4. The summed E-state index contributed by atoms with van der Waals surface area (Å²) in [4.78, 5) is 4.42. The monoisotopic (exact) mass is 351 g/mol. The van der Waals surface area contributed by atoms with Gasteiger partial charge in [-0.3, -0.25) is 0 Å². The third-order valence-corrected chi connectivity index (χ3v) is 4.15. The highest BCUT2D eigenvalue weighted by Gasteiger charge is 2.11. The lowest BCUT2D eigenvalue weighted by Gasteiger charge is -1.99. The molecule has 1 heterocycles. The zero-order valence-electron chi connectivity index (χ0n) is 10.1. The van der Waals surface area contributed by atoms with E-state index in [1.165, 1.54) is 23.5 Å². The van der Waals surface area contributed by atoms with E-state index in [-0.39, 0.29) is 0 Å². The number of benzene rings is 2. The van der Waals surface area contributed by atoms with Gasteiger partial charge in [-0.15, -0.1) is 11.3 Å². The Balaban J connectivity index is 2.02. The maximum atomic E-state index is 13.7. The molecule has 1 nitrogen and oxygen atoms in total. The van der Waals surface area contributed by atoms with Gasteiger partial charge in [-0.1, -0.05) is 28.1 Å². The molecule has 0 saturated carbocycles. The molecule has 100 valence electrons. The summed E-state index contributed by atoms with van der Waals surface area (Å²) in [6.45, 7) is 0. The highest BCUT2D eigenvalue weighted by Crippen LogP contribution is 2.31. The molecular formula is C15H8BrF2NS. The molecule has 1 aromatic heterocycles.